The number of hydrogen-bond donors (Lipinski definition) is 0. The molecule has 3 aromatic carbocycles. The molecule has 2 aliphatic rings. The number of aromatic nitrogens is 2. The van der Waals surface area contributed by atoms with Gasteiger partial charge in [-0.15, -0.1) is 0 Å². The van der Waals surface area contributed by atoms with E-state index in [2.05, 4.69) is 4.90 Å². The van der Waals surface area contributed by atoms with Gasteiger partial charge in [0.1, 0.15) is 17.5 Å². The van der Waals surface area contributed by atoms with Crippen molar-refractivity contribution in [3.8, 4) is 0 Å². The van der Waals surface area contributed by atoms with Crippen LogP contribution in [0.15, 0.2) is 71.6 Å². The third kappa shape index (κ3) is 4.82. The van der Waals surface area contributed by atoms with Gasteiger partial charge >= 0.3 is 0 Å². The minimum Gasteiger partial charge on any atom is -0.378 e. The van der Waals surface area contributed by atoms with Crippen molar-refractivity contribution in [2.75, 3.05) is 37.7 Å². The number of hydrogen-bond acceptors (Lipinski definition) is 6. The lowest BCUT2D eigenvalue weighted by molar-refractivity contribution is 0.122. The molecule has 1 aromatic heterocycles. The number of rotatable bonds is 5. The number of sulfonamides is 1. The highest BCUT2D eigenvalue weighted by atomic mass is 32.2. The summed E-state index contributed by atoms with van der Waals surface area (Å²) in [4.78, 5) is 12.1. The lowest BCUT2D eigenvalue weighted by atomic mass is 10.1. The highest BCUT2D eigenvalue weighted by molar-refractivity contribution is 7.89. The number of nitrogens with zero attached hydrogens (tertiary/aromatic N) is 4. The van der Waals surface area contributed by atoms with Gasteiger partial charge in [-0.05, 0) is 40.6 Å². The maximum Gasteiger partial charge on any atom is 0.243 e. The van der Waals surface area contributed by atoms with Crippen molar-refractivity contribution in [1.29, 1.82) is 0 Å². The highest BCUT2D eigenvalue weighted by Crippen LogP contribution is 2.31. The standard InChI is InChI=1S/C28H27FN4O3S/c29-23-7-3-4-20(16-23)17-27-30-26-10-11-33(19-25(26)28(31-27)32-12-14-36-15-13-32)37(34,35)24-9-8-21-5-1-2-6-22(21)18-24/h1-9,16,18H,10-15,17,19H2. The van der Waals surface area contributed by atoms with Crippen LogP contribution in [0.2, 0.25) is 0 Å². The van der Waals surface area contributed by atoms with Crippen LogP contribution in [0.5, 0.6) is 0 Å². The quantitative estimate of drug-likeness (QED) is 0.398. The van der Waals surface area contributed by atoms with Gasteiger partial charge in [0, 0.05) is 44.6 Å². The molecule has 3 heterocycles. The fourth-order valence-electron chi connectivity index (χ4n) is 5.05. The molecule has 0 radical (unpaired) electrons. The van der Waals surface area contributed by atoms with Gasteiger partial charge in [0.05, 0.1) is 23.8 Å². The first-order valence-electron chi connectivity index (χ1n) is 12.4. The van der Waals surface area contributed by atoms with E-state index in [1.54, 1.807) is 18.2 Å². The molecule has 0 bridgehead atoms. The monoisotopic (exact) mass is 518 g/mol. The van der Waals surface area contributed by atoms with Crippen LogP contribution in [0, 0.1) is 5.82 Å². The largest absolute Gasteiger partial charge is 0.378 e. The van der Waals surface area contributed by atoms with Gasteiger partial charge < -0.3 is 9.64 Å². The number of halogens is 1. The summed E-state index contributed by atoms with van der Waals surface area (Å²) in [6.45, 7) is 3.04. The third-order valence-electron chi connectivity index (χ3n) is 6.97. The summed E-state index contributed by atoms with van der Waals surface area (Å²) in [6.07, 6.45) is 0.889. The molecule has 0 saturated carbocycles. The van der Waals surface area contributed by atoms with Gasteiger partial charge in [-0.3, -0.25) is 0 Å². The number of ether oxygens (including phenoxy) is 1. The molecule has 6 rings (SSSR count). The predicted molar refractivity (Wildman–Crippen MR) is 140 cm³/mol. The van der Waals surface area contributed by atoms with Crippen LogP contribution >= 0.6 is 0 Å². The summed E-state index contributed by atoms with van der Waals surface area (Å²) in [5.41, 5.74) is 2.48. The first kappa shape index (κ1) is 24.0. The Morgan fingerprint density at radius 2 is 1.70 bits per heavy atom. The van der Waals surface area contributed by atoms with Crippen molar-refractivity contribution >= 4 is 26.6 Å². The van der Waals surface area contributed by atoms with Crippen LogP contribution < -0.4 is 4.90 Å². The molecule has 37 heavy (non-hydrogen) atoms. The van der Waals surface area contributed by atoms with E-state index in [1.165, 1.54) is 16.4 Å². The summed E-state index contributed by atoms with van der Waals surface area (Å²) in [7, 11) is -3.71. The van der Waals surface area contributed by atoms with Crippen molar-refractivity contribution in [3.63, 3.8) is 0 Å². The highest BCUT2D eigenvalue weighted by Gasteiger charge is 2.33. The van der Waals surface area contributed by atoms with Crippen LogP contribution in [-0.2, 0) is 34.1 Å². The topological polar surface area (TPSA) is 75.6 Å². The van der Waals surface area contributed by atoms with Crippen molar-refractivity contribution in [3.05, 3.63) is 95.2 Å². The van der Waals surface area contributed by atoms with E-state index in [0.717, 1.165) is 33.4 Å². The molecule has 9 heteroatoms. The van der Waals surface area contributed by atoms with Gasteiger partial charge in [-0.25, -0.2) is 22.8 Å². The Balaban J connectivity index is 1.35. The van der Waals surface area contributed by atoms with Crippen LogP contribution in [-0.4, -0.2) is 55.5 Å². The maximum atomic E-state index is 13.8. The van der Waals surface area contributed by atoms with Gasteiger partial charge in [-0.1, -0.05) is 42.5 Å². The molecule has 1 fully saturated rings. The molecule has 0 amide bonds. The summed E-state index contributed by atoms with van der Waals surface area (Å²) < 4.78 is 48.2. The van der Waals surface area contributed by atoms with Gasteiger partial charge in [0.2, 0.25) is 10.0 Å². The van der Waals surface area contributed by atoms with Crippen LogP contribution in [0.3, 0.4) is 0 Å². The molecule has 190 valence electrons. The Bertz CT molecular complexity index is 1570. The molecule has 0 N–H and O–H groups in total. The van der Waals surface area contributed by atoms with Crippen molar-refractivity contribution in [1.82, 2.24) is 14.3 Å². The zero-order valence-electron chi connectivity index (χ0n) is 20.3. The zero-order chi connectivity index (χ0) is 25.4. The number of anilines is 1. The Labute approximate surface area is 215 Å². The Morgan fingerprint density at radius 1 is 0.892 bits per heavy atom. The summed E-state index contributed by atoms with van der Waals surface area (Å²) in [5.74, 6) is 1.06. The van der Waals surface area contributed by atoms with Crippen molar-refractivity contribution in [2.24, 2.45) is 0 Å². The Hall–Kier alpha value is -3.40. The van der Waals surface area contributed by atoms with Gasteiger partial charge in [0.25, 0.3) is 0 Å². The second-order valence-corrected chi connectivity index (χ2v) is 11.3. The first-order valence-corrected chi connectivity index (χ1v) is 13.9. The van der Waals surface area contributed by atoms with Gasteiger partial charge in [-0.2, -0.15) is 4.31 Å². The van der Waals surface area contributed by atoms with E-state index in [4.69, 9.17) is 14.7 Å². The second kappa shape index (κ2) is 9.81. The Morgan fingerprint density at radius 3 is 2.51 bits per heavy atom. The molecule has 0 unspecified atom stereocenters. The smallest absolute Gasteiger partial charge is 0.243 e. The van der Waals surface area contributed by atoms with Crippen LogP contribution in [0.25, 0.3) is 10.8 Å². The maximum absolute atomic E-state index is 13.8. The first-order chi connectivity index (χ1) is 18.0. The predicted octanol–water partition coefficient (Wildman–Crippen LogP) is 3.94. The second-order valence-electron chi connectivity index (χ2n) is 9.39. The average molecular weight is 519 g/mol. The molecule has 1 saturated heterocycles. The lowest BCUT2D eigenvalue weighted by Gasteiger charge is -2.34. The van der Waals surface area contributed by atoms with E-state index in [0.29, 0.717) is 51.5 Å². The normalized spacial score (nSPS) is 16.6. The minimum absolute atomic E-state index is 0.206. The van der Waals surface area contributed by atoms with Gasteiger partial charge in [0.15, 0.2) is 0 Å². The molecule has 4 aromatic rings. The summed E-state index contributed by atoms with van der Waals surface area (Å²) in [5, 5.41) is 1.89. The van der Waals surface area contributed by atoms with Crippen molar-refractivity contribution < 1.29 is 17.5 Å². The molecule has 2 aliphatic heterocycles. The van der Waals surface area contributed by atoms with E-state index < -0.39 is 10.0 Å². The molecular formula is C28H27FN4O3S. The summed E-state index contributed by atoms with van der Waals surface area (Å²) >= 11 is 0. The minimum atomic E-state index is -3.71. The van der Waals surface area contributed by atoms with Crippen LogP contribution in [0.4, 0.5) is 10.2 Å². The van der Waals surface area contributed by atoms with Crippen molar-refractivity contribution in [2.45, 2.75) is 24.3 Å². The molecule has 0 aliphatic carbocycles. The number of benzene rings is 3. The third-order valence-corrected chi connectivity index (χ3v) is 8.81. The fourth-order valence-corrected chi connectivity index (χ4v) is 6.49. The van der Waals surface area contributed by atoms with Crippen LogP contribution in [0.1, 0.15) is 22.6 Å². The zero-order valence-corrected chi connectivity index (χ0v) is 21.1. The SMILES string of the molecule is O=S(=O)(c1ccc2ccccc2c1)N1CCc2nc(Cc3cccc(F)c3)nc(N3CCOCC3)c2C1. The van der Waals surface area contributed by atoms with E-state index in [1.807, 2.05) is 36.4 Å². The molecule has 7 nitrogen and oxygen atoms in total. The fraction of sp³-hybridized carbons (Fsp3) is 0.286. The van der Waals surface area contributed by atoms with E-state index >= 15 is 0 Å². The Kier molecular flexibility index (Phi) is 6.36. The number of morpholine rings is 1. The lowest BCUT2D eigenvalue weighted by Crippen LogP contribution is -2.41. The van der Waals surface area contributed by atoms with E-state index in [9.17, 15) is 12.8 Å². The molecule has 0 spiro atoms. The molecular weight excluding hydrogens is 491 g/mol. The average Bonchev–Trinajstić information content (AvgIpc) is 2.92. The molecule has 0 atom stereocenters. The summed E-state index contributed by atoms with van der Waals surface area (Å²) in [6, 6.07) is 19.4. The number of fused-ring (bicyclic) bond motifs is 2. The van der Waals surface area contributed by atoms with E-state index in [-0.39, 0.29) is 17.3 Å².